The van der Waals surface area contributed by atoms with Crippen LogP contribution in [0.15, 0.2) is 42.5 Å². The maximum atomic E-state index is 13.1. The molecule has 0 saturated heterocycles. The van der Waals surface area contributed by atoms with Crippen molar-refractivity contribution in [2.75, 3.05) is 6.54 Å². The van der Waals surface area contributed by atoms with Gasteiger partial charge in [-0.15, -0.1) is 0 Å². The number of fused-ring (bicyclic) bond motifs is 3. The highest BCUT2D eigenvalue weighted by molar-refractivity contribution is 6.31. The fourth-order valence-electron chi connectivity index (χ4n) is 3.90. The zero-order valence-electron chi connectivity index (χ0n) is 16.0. The zero-order chi connectivity index (χ0) is 20.5. The molecule has 3 aromatic rings. The Kier molecular flexibility index (Phi) is 5.52. The summed E-state index contributed by atoms with van der Waals surface area (Å²) in [5.41, 5.74) is 4.16. The molecule has 0 aliphatic carbocycles. The molecule has 150 valence electrons. The largest absolute Gasteiger partial charge is 0.358 e. The average Bonchev–Trinajstić information content (AvgIpc) is 3.04. The topological polar surface area (TPSA) is 65.2 Å². The minimum Gasteiger partial charge on any atom is -0.358 e. The van der Waals surface area contributed by atoms with Crippen LogP contribution in [0.25, 0.3) is 10.9 Å². The Bertz CT molecular complexity index is 1080. The fraction of sp³-hybridized carbons (Fsp3) is 0.273. The molecule has 1 atom stereocenters. The number of halogens is 2. The lowest BCUT2D eigenvalue weighted by molar-refractivity contribution is -0.133. The first-order valence-corrected chi connectivity index (χ1v) is 10.3. The van der Waals surface area contributed by atoms with Crippen molar-refractivity contribution in [3.63, 3.8) is 0 Å². The number of aromatic nitrogens is 1. The van der Waals surface area contributed by atoms with Crippen LogP contribution in [0.5, 0.6) is 0 Å². The van der Waals surface area contributed by atoms with Crippen molar-refractivity contribution in [3.05, 3.63) is 69.3 Å². The number of hydrogen-bond donors (Lipinski definition) is 2. The van der Waals surface area contributed by atoms with Gasteiger partial charge in [-0.25, -0.2) is 0 Å². The molecule has 0 fully saturated rings. The van der Waals surface area contributed by atoms with E-state index in [-0.39, 0.29) is 18.2 Å². The van der Waals surface area contributed by atoms with Crippen LogP contribution in [0.4, 0.5) is 0 Å². The zero-order valence-corrected chi connectivity index (χ0v) is 17.5. The third-order valence-corrected chi connectivity index (χ3v) is 5.81. The van der Waals surface area contributed by atoms with Crippen LogP contribution in [-0.2, 0) is 22.6 Å². The van der Waals surface area contributed by atoms with Gasteiger partial charge in [0.05, 0.1) is 12.5 Å². The highest BCUT2D eigenvalue weighted by Gasteiger charge is 2.26. The van der Waals surface area contributed by atoms with Crippen LogP contribution in [0, 0.1) is 0 Å². The van der Waals surface area contributed by atoms with E-state index in [2.05, 4.69) is 10.3 Å². The highest BCUT2D eigenvalue weighted by atomic mass is 35.5. The van der Waals surface area contributed by atoms with Gasteiger partial charge >= 0.3 is 0 Å². The van der Waals surface area contributed by atoms with E-state index in [4.69, 9.17) is 23.2 Å². The van der Waals surface area contributed by atoms with Crippen molar-refractivity contribution < 1.29 is 9.59 Å². The lowest BCUT2D eigenvalue weighted by Gasteiger charge is -2.29. The van der Waals surface area contributed by atoms with Gasteiger partial charge in [-0.2, -0.15) is 0 Å². The van der Waals surface area contributed by atoms with E-state index in [0.717, 1.165) is 34.1 Å². The molecule has 0 radical (unpaired) electrons. The molecule has 29 heavy (non-hydrogen) atoms. The van der Waals surface area contributed by atoms with Crippen LogP contribution in [0.1, 0.15) is 36.2 Å². The van der Waals surface area contributed by atoms with Gasteiger partial charge in [0.2, 0.25) is 11.8 Å². The number of carbonyl (C=O) groups is 2. The van der Waals surface area contributed by atoms with Crippen molar-refractivity contribution in [2.24, 2.45) is 0 Å². The number of hydrogen-bond acceptors (Lipinski definition) is 2. The van der Waals surface area contributed by atoms with E-state index in [1.165, 1.54) is 6.92 Å². The molecule has 2 N–H and O–H groups in total. The first-order chi connectivity index (χ1) is 13.9. The Morgan fingerprint density at radius 3 is 2.59 bits per heavy atom. The molecule has 1 unspecified atom stereocenters. The van der Waals surface area contributed by atoms with E-state index < -0.39 is 6.04 Å². The number of amides is 2. The van der Waals surface area contributed by atoms with Crippen LogP contribution in [-0.4, -0.2) is 28.2 Å². The fourth-order valence-corrected chi connectivity index (χ4v) is 4.19. The summed E-state index contributed by atoms with van der Waals surface area (Å²) < 4.78 is 0. The Morgan fingerprint density at radius 2 is 1.86 bits per heavy atom. The van der Waals surface area contributed by atoms with E-state index in [0.29, 0.717) is 23.1 Å². The molecule has 0 saturated carbocycles. The number of aromatic amines is 1. The Hall–Kier alpha value is -2.50. The number of nitrogens with zero attached hydrogens (tertiary/aromatic N) is 1. The second kappa shape index (κ2) is 8.09. The number of carbonyl (C=O) groups excluding carboxylic acids is 2. The predicted molar refractivity (Wildman–Crippen MR) is 115 cm³/mol. The van der Waals surface area contributed by atoms with E-state index >= 15 is 0 Å². The molecule has 2 heterocycles. The standard InChI is InChI=1S/C22H21Cl2N3O2/c1-13(28)25-21(14-2-4-15(23)5-3-14)11-22(29)27-9-8-20-18(12-27)17-10-16(24)6-7-19(17)26-20/h2-7,10,21,26H,8-9,11-12H2,1H3,(H,25,28). The molecule has 0 spiro atoms. The number of rotatable bonds is 4. The van der Waals surface area contributed by atoms with Crippen molar-refractivity contribution in [1.29, 1.82) is 0 Å². The lowest BCUT2D eigenvalue weighted by atomic mass is 10.0. The van der Waals surface area contributed by atoms with Gasteiger partial charge in [0.1, 0.15) is 0 Å². The minimum absolute atomic E-state index is 0.000674. The monoisotopic (exact) mass is 429 g/mol. The van der Waals surface area contributed by atoms with Gasteiger partial charge in [0, 0.05) is 58.6 Å². The van der Waals surface area contributed by atoms with Crippen LogP contribution in [0.2, 0.25) is 10.0 Å². The van der Waals surface area contributed by atoms with Crippen LogP contribution < -0.4 is 5.32 Å². The normalized spacial score (nSPS) is 14.5. The van der Waals surface area contributed by atoms with E-state index in [9.17, 15) is 9.59 Å². The summed E-state index contributed by atoms with van der Waals surface area (Å²) in [6.07, 6.45) is 0.957. The minimum atomic E-state index is -0.393. The molecule has 2 aromatic carbocycles. The lowest BCUT2D eigenvalue weighted by Crippen LogP contribution is -2.38. The van der Waals surface area contributed by atoms with Crippen molar-refractivity contribution in [2.45, 2.75) is 32.4 Å². The van der Waals surface area contributed by atoms with Gasteiger partial charge in [-0.1, -0.05) is 35.3 Å². The van der Waals surface area contributed by atoms with Crippen LogP contribution >= 0.6 is 23.2 Å². The van der Waals surface area contributed by atoms with Gasteiger partial charge in [-0.05, 0) is 35.9 Å². The molecule has 2 amide bonds. The Morgan fingerprint density at radius 1 is 1.14 bits per heavy atom. The van der Waals surface area contributed by atoms with Crippen molar-refractivity contribution in [3.8, 4) is 0 Å². The summed E-state index contributed by atoms with van der Waals surface area (Å²) in [7, 11) is 0. The summed E-state index contributed by atoms with van der Waals surface area (Å²) in [5, 5.41) is 5.23. The maximum absolute atomic E-state index is 13.1. The first-order valence-electron chi connectivity index (χ1n) is 9.50. The van der Waals surface area contributed by atoms with Crippen molar-refractivity contribution >= 4 is 45.9 Å². The van der Waals surface area contributed by atoms with Gasteiger partial charge < -0.3 is 15.2 Å². The molecule has 1 aliphatic rings. The predicted octanol–water partition coefficient (Wildman–Crippen LogP) is 4.63. The summed E-state index contributed by atoms with van der Waals surface area (Å²) in [5.74, 6) is -0.175. The molecular weight excluding hydrogens is 409 g/mol. The SMILES string of the molecule is CC(=O)NC(CC(=O)N1CCc2[nH]c3ccc(Cl)cc3c2C1)c1ccc(Cl)cc1. The average molecular weight is 430 g/mol. The molecule has 5 nitrogen and oxygen atoms in total. The molecule has 7 heteroatoms. The molecular formula is C22H21Cl2N3O2. The summed E-state index contributed by atoms with van der Waals surface area (Å²) >= 11 is 12.1. The Balaban J connectivity index is 1.54. The van der Waals surface area contributed by atoms with Gasteiger partial charge in [0.15, 0.2) is 0 Å². The summed E-state index contributed by atoms with van der Waals surface area (Å²) in [6, 6.07) is 12.6. The number of benzene rings is 2. The maximum Gasteiger partial charge on any atom is 0.225 e. The third kappa shape index (κ3) is 4.26. The Labute approximate surface area is 179 Å². The molecule has 4 rings (SSSR count). The molecule has 1 aliphatic heterocycles. The van der Waals surface area contributed by atoms with Gasteiger partial charge in [0.25, 0.3) is 0 Å². The summed E-state index contributed by atoms with van der Waals surface area (Å²) in [6.45, 7) is 2.62. The van der Waals surface area contributed by atoms with Crippen LogP contribution in [0.3, 0.4) is 0 Å². The quantitative estimate of drug-likeness (QED) is 0.634. The second-order valence-electron chi connectivity index (χ2n) is 7.35. The smallest absolute Gasteiger partial charge is 0.225 e. The van der Waals surface area contributed by atoms with Gasteiger partial charge in [-0.3, -0.25) is 9.59 Å². The number of nitrogens with one attached hydrogen (secondary N) is 2. The molecule has 0 bridgehead atoms. The van der Waals surface area contributed by atoms with E-state index in [1.54, 1.807) is 12.1 Å². The molecule has 1 aromatic heterocycles. The van der Waals surface area contributed by atoms with E-state index in [1.807, 2.05) is 35.2 Å². The van der Waals surface area contributed by atoms with Crippen molar-refractivity contribution in [1.82, 2.24) is 15.2 Å². The summed E-state index contributed by atoms with van der Waals surface area (Å²) in [4.78, 5) is 30.0. The third-order valence-electron chi connectivity index (χ3n) is 5.32. The second-order valence-corrected chi connectivity index (χ2v) is 8.22. The highest BCUT2D eigenvalue weighted by Crippen LogP contribution is 2.30. The first kappa shape index (κ1) is 19.8. The number of H-pyrrole nitrogens is 1.